The molecular formula is C13H20N2OS. The second-order valence-corrected chi connectivity index (χ2v) is 5.91. The highest BCUT2D eigenvalue weighted by atomic mass is 32.1. The molecule has 0 radical (unpaired) electrons. The average molecular weight is 252 g/mol. The lowest BCUT2D eigenvalue weighted by Crippen LogP contribution is -2.43. The van der Waals surface area contributed by atoms with Crippen LogP contribution in [0.2, 0.25) is 0 Å². The highest BCUT2D eigenvalue weighted by Crippen LogP contribution is 2.25. The highest BCUT2D eigenvalue weighted by Gasteiger charge is 2.28. The van der Waals surface area contributed by atoms with Gasteiger partial charge in [-0.15, -0.1) is 11.3 Å². The van der Waals surface area contributed by atoms with Gasteiger partial charge in [-0.05, 0) is 39.5 Å². The summed E-state index contributed by atoms with van der Waals surface area (Å²) in [5.41, 5.74) is 0.887. The third kappa shape index (κ3) is 2.51. The average Bonchev–Trinajstić information content (AvgIpc) is 2.67. The lowest BCUT2D eigenvalue weighted by atomic mass is 10.00. The molecule has 1 atom stereocenters. The fourth-order valence-corrected chi connectivity index (χ4v) is 3.43. The summed E-state index contributed by atoms with van der Waals surface area (Å²) < 4.78 is 0. The minimum Gasteiger partial charge on any atom is -0.335 e. The van der Waals surface area contributed by atoms with Crippen LogP contribution in [0.15, 0.2) is 0 Å². The van der Waals surface area contributed by atoms with Gasteiger partial charge in [0.15, 0.2) is 0 Å². The Bertz CT molecular complexity index is 414. The molecule has 0 saturated carbocycles. The predicted octanol–water partition coefficient (Wildman–Crippen LogP) is 3.16. The van der Waals surface area contributed by atoms with E-state index in [1.165, 1.54) is 17.8 Å². The van der Waals surface area contributed by atoms with Crippen LogP contribution in [0.4, 0.5) is 0 Å². The summed E-state index contributed by atoms with van der Waals surface area (Å²) in [5, 5.41) is 0.982. The van der Waals surface area contributed by atoms with Crippen LogP contribution in [0.1, 0.15) is 53.0 Å². The summed E-state index contributed by atoms with van der Waals surface area (Å²) in [6, 6.07) is 0.429. The number of carbonyl (C=O) groups excluding carboxylic acids is 1. The van der Waals surface area contributed by atoms with Crippen LogP contribution in [-0.2, 0) is 0 Å². The van der Waals surface area contributed by atoms with Crippen LogP contribution in [0.5, 0.6) is 0 Å². The van der Waals surface area contributed by atoms with Crippen molar-refractivity contribution < 1.29 is 4.79 Å². The molecule has 1 aliphatic heterocycles. The van der Waals surface area contributed by atoms with Crippen LogP contribution < -0.4 is 0 Å². The molecule has 0 unspecified atom stereocenters. The third-order valence-corrected chi connectivity index (χ3v) is 4.52. The van der Waals surface area contributed by atoms with Crippen molar-refractivity contribution in [3.8, 4) is 0 Å². The normalized spacial score (nSPS) is 20.6. The van der Waals surface area contributed by atoms with Gasteiger partial charge in [0, 0.05) is 12.6 Å². The van der Waals surface area contributed by atoms with Gasteiger partial charge >= 0.3 is 0 Å². The maximum absolute atomic E-state index is 12.5. The summed E-state index contributed by atoms with van der Waals surface area (Å²) in [6.45, 7) is 6.97. The highest BCUT2D eigenvalue weighted by molar-refractivity contribution is 7.13. The minimum absolute atomic E-state index is 0.194. The summed E-state index contributed by atoms with van der Waals surface area (Å²) >= 11 is 1.53. The first-order valence-electron chi connectivity index (χ1n) is 6.38. The second kappa shape index (κ2) is 5.17. The number of rotatable bonds is 2. The van der Waals surface area contributed by atoms with Crippen molar-refractivity contribution in [1.29, 1.82) is 0 Å². The molecule has 3 nitrogen and oxygen atoms in total. The lowest BCUT2D eigenvalue weighted by Gasteiger charge is -2.35. The fraction of sp³-hybridized carbons (Fsp3) is 0.692. The van der Waals surface area contributed by atoms with E-state index in [-0.39, 0.29) is 5.91 Å². The Balaban J connectivity index is 2.21. The Morgan fingerprint density at radius 1 is 1.47 bits per heavy atom. The van der Waals surface area contributed by atoms with E-state index in [2.05, 4.69) is 16.8 Å². The van der Waals surface area contributed by atoms with Gasteiger partial charge in [0.1, 0.15) is 4.88 Å². The van der Waals surface area contributed by atoms with Crippen LogP contribution in [0.3, 0.4) is 0 Å². The zero-order chi connectivity index (χ0) is 12.4. The van der Waals surface area contributed by atoms with E-state index in [0.717, 1.165) is 41.4 Å². The fourth-order valence-electron chi connectivity index (χ4n) is 2.55. The van der Waals surface area contributed by atoms with Gasteiger partial charge in [0.25, 0.3) is 5.91 Å². The molecule has 4 heteroatoms. The number of nitrogens with zero attached hydrogens (tertiary/aromatic N) is 2. The minimum atomic E-state index is 0.194. The molecule has 1 aromatic heterocycles. The Labute approximate surface area is 107 Å². The zero-order valence-electron chi connectivity index (χ0n) is 10.8. The molecule has 1 aromatic rings. The molecule has 0 bridgehead atoms. The van der Waals surface area contributed by atoms with Gasteiger partial charge in [-0.25, -0.2) is 4.98 Å². The van der Waals surface area contributed by atoms with Gasteiger partial charge in [0.05, 0.1) is 10.7 Å². The number of aryl methyl sites for hydroxylation is 2. The number of hydrogen-bond acceptors (Lipinski definition) is 3. The number of likely N-dealkylation sites (tertiary alicyclic amines) is 1. The van der Waals surface area contributed by atoms with Crippen molar-refractivity contribution in [2.24, 2.45) is 0 Å². The predicted molar refractivity (Wildman–Crippen MR) is 70.6 cm³/mol. The van der Waals surface area contributed by atoms with Crippen molar-refractivity contribution in [3.05, 3.63) is 15.6 Å². The molecule has 1 aliphatic rings. The van der Waals surface area contributed by atoms with E-state index in [1.54, 1.807) is 0 Å². The van der Waals surface area contributed by atoms with E-state index in [1.807, 2.05) is 13.8 Å². The van der Waals surface area contributed by atoms with Crippen LogP contribution in [-0.4, -0.2) is 28.4 Å². The summed E-state index contributed by atoms with van der Waals surface area (Å²) in [4.78, 5) is 19.7. The molecular weight excluding hydrogens is 232 g/mol. The SMILES string of the molecule is CC[C@H]1CCCCN1C(=O)c1sc(C)nc1C. The zero-order valence-corrected chi connectivity index (χ0v) is 11.6. The van der Waals surface area contributed by atoms with Gasteiger partial charge in [-0.3, -0.25) is 4.79 Å². The lowest BCUT2D eigenvalue weighted by molar-refractivity contribution is 0.0612. The van der Waals surface area contributed by atoms with Crippen molar-refractivity contribution >= 4 is 17.2 Å². The Hall–Kier alpha value is -0.900. The first-order chi connectivity index (χ1) is 8.13. The van der Waals surface area contributed by atoms with Crippen molar-refractivity contribution in [3.63, 3.8) is 0 Å². The van der Waals surface area contributed by atoms with Gasteiger partial charge in [0.2, 0.25) is 0 Å². The van der Waals surface area contributed by atoms with Crippen LogP contribution in [0, 0.1) is 13.8 Å². The van der Waals surface area contributed by atoms with Crippen LogP contribution in [0.25, 0.3) is 0 Å². The summed E-state index contributed by atoms with van der Waals surface area (Å²) in [5.74, 6) is 0.194. The monoisotopic (exact) mass is 252 g/mol. The number of hydrogen-bond donors (Lipinski definition) is 0. The second-order valence-electron chi connectivity index (χ2n) is 4.70. The first kappa shape index (κ1) is 12.6. The van der Waals surface area contributed by atoms with Gasteiger partial charge in [-0.2, -0.15) is 0 Å². The number of carbonyl (C=O) groups is 1. The molecule has 0 N–H and O–H groups in total. The number of thiazole rings is 1. The molecule has 2 heterocycles. The quantitative estimate of drug-likeness (QED) is 0.810. The van der Waals surface area contributed by atoms with Crippen LogP contribution >= 0.6 is 11.3 Å². The van der Waals surface area contributed by atoms with E-state index in [4.69, 9.17) is 0 Å². The first-order valence-corrected chi connectivity index (χ1v) is 7.20. The molecule has 17 heavy (non-hydrogen) atoms. The van der Waals surface area contributed by atoms with E-state index >= 15 is 0 Å². The van der Waals surface area contributed by atoms with E-state index in [9.17, 15) is 4.79 Å². The maximum atomic E-state index is 12.5. The molecule has 0 aromatic carbocycles. The molecule has 1 amide bonds. The van der Waals surface area contributed by atoms with Crippen molar-refractivity contribution in [2.75, 3.05) is 6.54 Å². The molecule has 0 spiro atoms. The Morgan fingerprint density at radius 3 is 2.82 bits per heavy atom. The van der Waals surface area contributed by atoms with Crippen molar-refractivity contribution in [2.45, 2.75) is 52.5 Å². The third-order valence-electron chi connectivity index (χ3n) is 3.46. The number of aromatic nitrogens is 1. The summed E-state index contributed by atoms with van der Waals surface area (Å²) in [6.07, 6.45) is 4.60. The van der Waals surface area contributed by atoms with E-state index < -0.39 is 0 Å². The molecule has 2 rings (SSSR count). The van der Waals surface area contributed by atoms with Gasteiger partial charge < -0.3 is 4.90 Å². The van der Waals surface area contributed by atoms with Crippen molar-refractivity contribution in [1.82, 2.24) is 9.88 Å². The molecule has 1 fully saturated rings. The molecule has 94 valence electrons. The Morgan fingerprint density at radius 2 is 2.24 bits per heavy atom. The molecule has 1 saturated heterocycles. The standard InChI is InChI=1S/C13H20N2OS/c1-4-11-7-5-6-8-15(11)13(16)12-9(2)14-10(3)17-12/h11H,4-8H2,1-3H3/t11-/m0/s1. The van der Waals surface area contributed by atoms with E-state index in [0.29, 0.717) is 6.04 Å². The smallest absolute Gasteiger partial charge is 0.266 e. The topological polar surface area (TPSA) is 33.2 Å². The van der Waals surface area contributed by atoms with Gasteiger partial charge in [-0.1, -0.05) is 6.92 Å². The maximum Gasteiger partial charge on any atom is 0.266 e. The Kier molecular flexibility index (Phi) is 3.82. The largest absolute Gasteiger partial charge is 0.335 e. The summed E-state index contributed by atoms with van der Waals surface area (Å²) in [7, 11) is 0. The number of piperidine rings is 1. The number of amides is 1. The molecule has 0 aliphatic carbocycles.